The third-order valence-electron chi connectivity index (χ3n) is 11.9. The first kappa shape index (κ1) is 67.5. The third kappa shape index (κ3) is 56.5. The van der Waals surface area contributed by atoms with Gasteiger partial charge in [-0.3, -0.25) is 14.4 Å². The largest absolute Gasteiger partial charge is 0.462 e. The van der Waals surface area contributed by atoms with Crippen molar-refractivity contribution in [2.45, 2.75) is 252 Å². The van der Waals surface area contributed by atoms with Crippen LogP contribution in [0.4, 0.5) is 0 Å². The second kappa shape index (κ2) is 59.1. The zero-order valence-corrected chi connectivity index (χ0v) is 46.4. The first-order valence-corrected chi connectivity index (χ1v) is 29.2. The lowest BCUT2D eigenvalue weighted by atomic mass is 10.1. The van der Waals surface area contributed by atoms with Gasteiger partial charge in [-0.2, -0.15) is 0 Å². The number of hydrogen-bond donors (Lipinski definition) is 0. The molecular formula is C66H106O6. The summed E-state index contributed by atoms with van der Waals surface area (Å²) >= 11 is 0. The molecule has 6 nitrogen and oxygen atoms in total. The normalized spacial score (nSPS) is 13.1. The number of carbonyl (C=O) groups is 3. The van der Waals surface area contributed by atoms with Crippen LogP contribution in [0.25, 0.3) is 0 Å². The van der Waals surface area contributed by atoms with Crippen LogP contribution in [0.1, 0.15) is 245 Å². The van der Waals surface area contributed by atoms with Crippen molar-refractivity contribution in [1.29, 1.82) is 0 Å². The van der Waals surface area contributed by atoms with E-state index >= 15 is 0 Å². The van der Waals surface area contributed by atoms with Gasteiger partial charge in [-0.25, -0.2) is 0 Å². The van der Waals surface area contributed by atoms with Crippen LogP contribution in [0.5, 0.6) is 0 Å². The molecule has 0 aliphatic rings. The Hall–Kier alpha value is -4.45. The van der Waals surface area contributed by atoms with Crippen LogP contribution in [-0.4, -0.2) is 37.2 Å². The number of allylic oxidation sites excluding steroid dienone is 22. The molecule has 1 atom stereocenters. The molecule has 0 aliphatic carbocycles. The van der Waals surface area contributed by atoms with Crippen LogP contribution in [-0.2, 0) is 28.6 Å². The van der Waals surface area contributed by atoms with Gasteiger partial charge in [-0.15, -0.1) is 0 Å². The number of rotatable bonds is 51. The highest BCUT2D eigenvalue weighted by atomic mass is 16.6. The fourth-order valence-corrected chi connectivity index (χ4v) is 7.57. The van der Waals surface area contributed by atoms with Crippen LogP contribution < -0.4 is 0 Å². The van der Waals surface area contributed by atoms with Gasteiger partial charge in [0, 0.05) is 19.3 Å². The van der Waals surface area contributed by atoms with E-state index in [0.717, 1.165) is 122 Å². The number of unbranched alkanes of at least 4 members (excludes halogenated alkanes) is 18. The van der Waals surface area contributed by atoms with E-state index in [4.69, 9.17) is 14.2 Å². The van der Waals surface area contributed by atoms with Crippen molar-refractivity contribution >= 4 is 17.9 Å². The summed E-state index contributed by atoms with van der Waals surface area (Å²) in [6.45, 7) is 6.30. The summed E-state index contributed by atoms with van der Waals surface area (Å²) in [5, 5.41) is 0. The molecule has 0 spiro atoms. The fraction of sp³-hybridized carbons (Fsp3) is 0.621. The summed E-state index contributed by atoms with van der Waals surface area (Å²) in [5.74, 6) is -1.02. The van der Waals surface area contributed by atoms with E-state index in [1.165, 1.54) is 77.0 Å². The highest BCUT2D eigenvalue weighted by Gasteiger charge is 2.19. The van der Waals surface area contributed by atoms with E-state index < -0.39 is 12.1 Å². The molecule has 0 fully saturated rings. The van der Waals surface area contributed by atoms with Crippen molar-refractivity contribution in [3.8, 4) is 0 Å². The van der Waals surface area contributed by atoms with Gasteiger partial charge >= 0.3 is 17.9 Å². The summed E-state index contributed by atoms with van der Waals surface area (Å²) in [7, 11) is 0. The van der Waals surface area contributed by atoms with Crippen LogP contribution in [0, 0.1) is 0 Å². The van der Waals surface area contributed by atoms with Crippen LogP contribution in [0.15, 0.2) is 134 Å². The lowest BCUT2D eigenvalue weighted by molar-refractivity contribution is -0.166. The molecule has 72 heavy (non-hydrogen) atoms. The quantitative estimate of drug-likeness (QED) is 0.0261. The monoisotopic (exact) mass is 995 g/mol. The van der Waals surface area contributed by atoms with E-state index in [1.54, 1.807) is 0 Å². The molecule has 0 aromatic rings. The first-order valence-electron chi connectivity index (χ1n) is 29.2. The molecule has 6 heteroatoms. The minimum atomic E-state index is -0.825. The second-order valence-corrected chi connectivity index (χ2v) is 18.8. The lowest BCUT2D eigenvalue weighted by Crippen LogP contribution is -2.30. The Bertz CT molecular complexity index is 1560. The highest BCUT2D eigenvalue weighted by molar-refractivity contribution is 5.71. The lowest BCUT2D eigenvalue weighted by Gasteiger charge is -2.18. The maximum Gasteiger partial charge on any atom is 0.306 e. The van der Waals surface area contributed by atoms with E-state index in [2.05, 4.69) is 142 Å². The Kier molecular flexibility index (Phi) is 55.5. The minimum Gasteiger partial charge on any atom is -0.462 e. The Morgan fingerprint density at radius 3 is 0.917 bits per heavy atom. The minimum absolute atomic E-state index is 0.115. The van der Waals surface area contributed by atoms with Gasteiger partial charge in [0.1, 0.15) is 13.2 Å². The predicted molar refractivity (Wildman–Crippen MR) is 311 cm³/mol. The molecule has 0 radical (unpaired) electrons. The van der Waals surface area contributed by atoms with Gasteiger partial charge in [-0.05, 0) is 122 Å². The SMILES string of the molecule is CC/C=C\C/C=C\C/C=C\C/C=C\C/C=C\C/C=C\CCCCCCCCCCCCC(=O)OCC(COC(=O)CCCCCCC/C=C\CCCCC)OC(=O)CC/C=C\C/C=C\C/C=C\C/C=C\CC. The van der Waals surface area contributed by atoms with E-state index in [0.29, 0.717) is 19.3 Å². The molecule has 0 heterocycles. The Balaban J connectivity index is 4.30. The number of carbonyl (C=O) groups excluding carboxylic acids is 3. The standard InChI is InChI=1S/C66H106O6/c1-4-7-10-13-16-19-22-25-26-27-28-29-30-31-32-33-34-35-36-37-38-39-40-42-44-47-50-53-56-59-65(68)71-62-63(61-70-64(67)58-55-52-49-46-43-24-21-18-15-12-9-6-3)72-66(69)60-57-54-51-48-45-41-23-20-17-14-11-8-5-2/h7-8,10-11,16-21,25-26,28-29,31-32,34-35,41,45,51,54,63H,4-6,9,12-15,22-24,27,30,33,36-40,42-44,46-50,52-53,55-62H2,1-3H3/b10-7-,11-8-,19-16-,20-17-,21-18-,26-25-,29-28-,32-31-,35-34-,45-41-,54-51-. The average molecular weight is 996 g/mol. The smallest absolute Gasteiger partial charge is 0.306 e. The number of ether oxygens (including phenoxy) is 3. The zero-order chi connectivity index (χ0) is 52.2. The predicted octanol–water partition coefficient (Wildman–Crippen LogP) is 19.8. The topological polar surface area (TPSA) is 78.9 Å². The molecule has 0 saturated heterocycles. The zero-order valence-electron chi connectivity index (χ0n) is 46.4. The van der Waals surface area contributed by atoms with Crippen molar-refractivity contribution in [1.82, 2.24) is 0 Å². The molecule has 0 aromatic carbocycles. The van der Waals surface area contributed by atoms with Gasteiger partial charge in [0.2, 0.25) is 0 Å². The van der Waals surface area contributed by atoms with Crippen molar-refractivity contribution in [3.05, 3.63) is 134 Å². The fourth-order valence-electron chi connectivity index (χ4n) is 7.57. The Morgan fingerprint density at radius 2 is 0.569 bits per heavy atom. The van der Waals surface area contributed by atoms with Crippen LogP contribution in [0.3, 0.4) is 0 Å². The van der Waals surface area contributed by atoms with Crippen LogP contribution >= 0.6 is 0 Å². The number of esters is 3. The van der Waals surface area contributed by atoms with Crippen molar-refractivity contribution < 1.29 is 28.6 Å². The molecule has 0 saturated carbocycles. The summed E-state index contributed by atoms with van der Waals surface area (Å²) in [6, 6.07) is 0. The third-order valence-corrected chi connectivity index (χ3v) is 11.9. The van der Waals surface area contributed by atoms with E-state index in [-0.39, 0.29) is 31.6 Å². The van der Waals surface area contributed by atoms with Crippen molar-refractivity contribution in [2.75, 3.05) is 13.2 Å². The van der Waals surface area contributed by atoms with Crippen LogP contribution in [0.2, 0.25) is 0 Å². The molecule has 406 valence electrons. The van der Waals surface area contributed by atoms with E-state index in [1.807, 2.05) is 12.2 Å². The van der Waals surface area contributed by atoms with Gasteiger partial charge in [0.05, 0.1) is 0 Å². The van der Waals surface area contributed by atoms with Gasteiger partial charge in [-0.1, -0.05) is 238 Å². The molecule has 0 N–H and O–H groups in total. The van der Waals surface area contributed by atoms with Gasteiger partial charge in [0.25, 0.3) is 0 Å². The average Bonchev–Trinajstić information content (AvgIpc) is 3.38. The molecule has 0 aliphatic heterocycles. The maximum absolute atomic E-state index is 12.8. The van der Waals surface area contributed by atoms with Gasteiger partial charge in [0.15, 0.2) is 6.10 Å². The molecular weight excluding hydrogens is 889 g/mol. The molecule has 1 unspecified atom stereocenters. The molecule has 0 aromatic heterocycles. The molecule has 0 rings (SSSR count). The molecule has 0 amide bonds. The highest BCUT2D eigenvalue weighted by Crippen LogP contribution is 2.14. The van der Waals surface area contributed by atoms with Gasteiger partial charge < -0.3 is 14.2 Å². The summed E-state index contributed by atoms with van der Waals surface area (Å²) in [6.07, 6.45) is 83.3. The van der Waals surface area contributed by atoms with Crippen molar-refractivity contribution in [3.63, 3.8) is 0 Å². The Labute approximate surface area is 443 Å². The number of hydrogen-bond acceptors (Lipinski definition) is 6. The van der Waals surface area contributed by atoms with Crippen molar-refractivity contribution in [2.24, 2.45) is 0 Å². The summed E-state index contributed by atoms with van der Waals surface area (Å²) in [4.78, 5) is 38.0. The summed E-state index contributed by atoms with van der Waals surface area (Å²) in [5.41, 5.74) is 0. The maximum atomic E-state index is 12.8. The second-order valence-electron chi connectivity index (χ2n) is 18.8. The summed E-state index contributed by atoms with van der Waals surface area (Å²) < 4.78 is 16.7. The Morgan fingerprint density at radius 1 is 0.292 bits per heavy atom. The first-order chi connectivity index (χ1) is 35.5. The van der Waals surface area contributed by atoms with E-state index in [9.17, 15) is 14.4 Å². The molecule has 0 bridgehead atoms.